The van der Waals surface area contributed by atoms with Crippen LogP contribution in [0, 0.1) is 12.8 Å². The van der Waals surface area contributed by atoms with Gasteiger partial charge in [0.05, 0.1) is 16.7 Å². The molecule has 6 atom stereocenters. The maximum atomic E-state index is 2.72. The van der Waals surface area contributed by atoms with Crippen molar-refractivity contribution in [2.45, 2.75) is 80.0 Å². The summed E-state index contributed by atoms with van der Waals surface area (Å²) in [6, 6.07) is 83.0. The molecular formula is C68H55N. The zero-order valence-corrected chi connectivity index (χ0v) is 39.3. The first-order valence-corrected chi connectivity index (χ1v) is 25.7. The van der Waals surface area contributed by atoms with Crippen molar-refractivity contribution in [3.63, 3.8) is 0 Å². The lowest BCUT2D eigenvalue weighted by molar-refractivity contribution is -0.0728. The zero-order chi connectivity index (χ0) is 45.5. The van der Waals surface area contributed by atoms with Crippen molar-refractivity contribution in [1.29, 1.82) is 0 Å². The number of nitrogens with zero attached hydrogens (tertiary/aromatic N) is 1. The summed E-state index contributed by atoms with van der Waals surface area (Å²) in [4.78, 5) is 0. The molecule has 4 bridgehead atoms. The van der Waals surface area contributed by atoms with E-state index >= 15 is 0 Å². The number of hydrogen-bond donors (Lipinski definition) is 0. The van der Waals surface area contributed by atoms with Crippen LogP contribution in [0.4, 0.5) is 0 Å². The maximum Gasteiger partial charge on any atom is 0.0547 e. The van der Waals surface area contributed by atoms with E-state index in [1.807, 2.05) is 0 Å². The largest absolute Gasteiger partial charge is 0.309 e. The molecule has 1 nitrogen and oxygen atoms in total. The third-order valence-electron chi connectivity index (χ3n) is 18.7. The molecule has 0 saturated heterocycles. The fourth-order valence-electron chi connectivity index (χ4n) is 16.7. The average molecular weight is 886 g/mol. The molecule has 69 heavy (non-hydrogen) atoms. The van der Waals surface area contributed by atoms with Crippen LogP contribution in [-0.2, 0) is 16.2 Å². The van der Waals surface area contributed by atoms with Crippen molar-refractivity contribution in [2.24, 2.45) is 5.92 Å². The van der Waals surface area contributed by atoms with E-state index in [0.717, 1.165) is 19.3 Å². The standard InChI is InChI=1S/C68H55N/c1-44-19-5-6-22-49(44)54-27-11-14-31-59(54)66-37-18-38-67-41-48(43-68(65(66)67)42-47(40-66)50-23-7-9-25-52(50)55-28-12-15-32-60(55)68)51-24-8-10-26-53(51)58-30-17-34-62(64(58)67)69-61-33-16-13-29-56(61)57-36-35-46(39-63(57)69)45-20-3-2-4-21-45/h2-17,19-36,39,47-48,65H,18,37-38,40-43H2,1H3. The monoisotopic (exact) mass is 885 g/mol. The Bertz CT molecular complexity index is 3720. The summed E-state index contributed by atoms with van der Waals surface area (Å²) in [5, 5.41) is 2.63. The molecule has 1 heteroatoms. The summed E-state index contributed by atoms with van der Waals surface area (Å²) >= 11 is 0. The van der Waals surface area contributed by atoms with Gasteiger partial charge in [0.2, 0.25) is 0 Å². The van der Waals surface area contributed by atoms with Gasteiger partial charge in [-0.15, -0.1) is 0 Å². The van der Waals surface area contributed by atoms with Crippen LogP contribution in [0.5, 0.6) is 0 Å². The van der Waals surface area contributed by atoms with Crippen molar-refractivity contribution in [1.82, 2.24) is 4.57 Å². The number of para-hydroxylation sites is 1. The van der Waals surface area contributed by atoms with Crippen LogP contribution in [0.25, 0.3) is 72.0 Å². The maximum absolute atomic E-state index is 2.72. The molecule has 0 aliphatic heterocycles. The van der Waals surface area contributed by atoms with Crippen molar-refractivity contribution >= 4 is 21.8 Å². The van der Waals surface area contributed by atoms with Gasteiger partial charge in [-0.25, -0.2) is 0 Å². The Morgan fingerprint density at radius 3 is 1.68 bits per heavy atom. The average Bonchev–Trinajstić information content (AvgIpc) is 3.66. The number of benzene rings is 9. The lowest BCUT2D eigenvalue weighted by Crippen LogP contribution is -2.66. The van der Waals surface area contributed by atoms with E-state index in [-0.39, 0.29) is 16.2 Å². The molecule has 6 unspecified atom stereocenters. The zero-order valence-electron chi connectivity index (χ0n) is 39.3. The first kappa shape index (κ1) is 39.7. The van der Waals surface area contributed by atoms with Crippen molar-refractivity contribution in [3.8, 4) is 50.2 Å². The first-order valence-electron chi connectivity index (χ1n) is 25.7. The second-order valence-corrected chi connectivity index (χ2v) is 21.7. The number of fused-ring (bicyclic) bond motifs is 13. The quantitative estimate of drug-likeness (QED) is 0.166. The molecule has 9 aromatic carbocycles. The Hall–Kier alpha value is -7.22. The summed E-state index contributed by atoms with van der Waals surface area (Å²) < 4.78 is 2.72. The van der Waals surface area contributed by atoms with Crippen LogP contribution in [0.2, 0.25) is 0 Å². The van der Waals surface area contributed by atoms with E-state index < -0.39 is 0 Å². The molecule has 0 amide bonds. The molecule has 5 aliphatic rings. The molecule has 0 N–H and O–H groups in total. The van der Waals surface area contributed by atoms with Crippen molar-refractivity contribution in [2.75, 3.05) is 0 Å². The molecule has 15 rings (SSSR count). The molecule has 332 valence electrons. The van der Waals surface area contributed by atoms with Gasteiger partial charge in [0.25, 0.3) is 0 Å². The van der Waals surface area contributed by atoms with Crippen LogP contribution in [0.15, 0.2) is 212 Å². The number of hydrogen-bond acceptors (Lipinski definition) is 0. The molecular weight excluding hydrogens is 831 g/mol. The van der Waals surface area contributed by atoms with Gasteiger partial charge >= 0.3 is 0 Å². The predicted molar refractivity (Wildman–Crippen MR) is 286 cm³/mol. The van der Waals surface area contributed by atoms with Gasteiger partial charge in [-0.2, -0.15) is 0 Å². The molecule has 5 aliphatic carbocycles. The lowest BCUT2D eigenvalue weighted by atomic mass is 9.33. The first-order chi connectivity index (χ1) is 34.1. The van der Waals surface area contributed by atoms with Gasteiger partial charge in [0.1, 0.15) is 0 Å². The Morgan fingerprint density at radius 2 is 0.928 bits per heavy atom. The van der Waals surface area contributed by atoms with E-state index in [9.17, 15) is 0 Å². The molecule has 3 saturated carbocycles. The summed E-state index contributed by atoms with van der Waals surface area (Å²) in [7, 11) is 0. The van der Waals surface area contributed by atoms with Crippen LogP contribution >= 0.6 is 0 Å². The van der Waals surface area contributed by atoms with E-state index in [2.05, 4.69) is 224 Å². The summed E-state index contributed by atoms with van der Waals surface area (Å²) in [6.07, 6.45) is 8.19. The normalized spacial score (nSPS) is 24.8. The van der Waals surface area contributed by atoms with Gasteiger partial charge in [0, 0.05) is 27.0 Å². The molecule has 10 aromatic rings. The van der Waals surface area contributed by atoms with E-state index in [0.29, 0.717) is 17.8 Å². The highest BCUT2D eigenvalue weighted by molar-refractivity contribution is 6.10. The van der Waals surface area contributed by atoms with Crippen LogP contribution in [0.1, 0.15) is 90.2 Å². The van der Waals surface area contributed by atoms with Gasteiger partial charge in [-0.1, -0.05) is 201 Å². The summed E-state index contributed by atoms with van der Waals surface area (Å²) in [6.45, 7) is 2.33. The number of aryl methyl sites for hydroxylation is 1. The third-order valence-corrected chi connectivity index (χ3v) is 18.7. The van der Waals surface area contributed by atoms with E-state index in [1.165, 1.54) is 103 Å². The van der Waals surface area contributed by atoms with Gasteiger partial charge < -0.3 is 4.57 Å². The number of aromatic nitrogens is 1. The summed E-state index contributed by atoms with van der Waals surface area (Å²) in [5.41, 5.74) is 23.9. The van der Waals surface area contributed by atoms with Crippen LogP contribution < -0.4 is 0 Å². The van der Waals surface area contributed by atoms with Crippen LogP contribution in [-0.4, -0.2) is 4.57 Å². The Kier molecular flexibility index (Phi) is 8.44. The fourth-order valence-corrected chi connectivity index (χ4v) is 16.7. The topological polar surface area (TPSA) is 4.93 Å². The molecule has 0 radical (unpaired) electrons. The highest BCUT2D eigenvalue weighted by Gasteiger charge is 2.71. The van der Waals surface area contributed by atoms with Crippen molar-refractivity contribution < 1.29 is 0 Å². The number of rotatable bonds is 4. The lowest BCUT2D eigenvalue weighted by Gasteiger charge is -2.70. The smallest absolute Gasteiger partial charge is 0.0547 e. The highest BCUT2D eigenvalue weighted by Crippen LogP contribution is 2.77. The van der Waals surface area contributed by atoms with Crippen LogP contribution in [0.3, 0.4) is 0 Å². The third kappa shape index (κ3) is 5.37. The minimum atomic E-state index is -0.158. The molecule has 2 spiro atoms. The Balaban J connectivity index is 1.10. The van der Waals surface area contributed by atoms with E-state index in [1.54, 1.807) is 27.8 Å². The molecule has 1 heterocycles. The second kappa shape index (κ2) is 14.6. The van der Waals surface area contributed by atoms with Crippen molar-refractivity contribution in [3.05, 3.63) is 246 Å². The summed E-state index contributed by atoms with van der Waals surface area (Å²) in [5.74, 6) is 1.15. The Morgan fingerprint density at radius 1 is 0.391 bits per heavy atom. The Labute approximate surface area is 406 Å². The van der Waals surface area contributed by atoms with E-state index in [4.69, 9.17) is 0 Å². The minimum Gasteiger partial charge on any atom is -0.309 e. The van der Waals surface area contributed by atoms with Gasteiger partial charge in [-0.3, -0.25) is 0 Å². The molecule has 1 aromatic heterocycles. The van der Waals surface area contributed by atoms with Gasteiger partial charge in [0.15, 0.2) is 0 Å². The predicted octanol–water partition coefficient (Wildman–Crippen LogP) is 17.5. The highest BCUT2D eigenvalue weighted by atomic mass is 15.0. The minimum absolute atomic E-state index is 0.107. The molecule has 3 fully saturated rings. The fraction of sp³-hybridized carbons (Fsp3) is 0.206. The second-order valence-electron chi connectivity index (χ2n) is 21.7. The SMILES string of the molecule is Cc1ccccc1-c1ccccc1C12CCCC34CC(CC5(CC(C1)c1ccccc1-c1ccccc15)C23)c1ccccc1-c1cccc(-n2c3ccccc3c3ccc(-c5ccccc5)cc32)c14. The van der Waals surface area contributed by atoms with Gasteiger partial charge in [-0.05, 0) is 159 Å².